The van der Waals surface area contributed by atoms with Crippen molar-refractivity contribution in [1.29, 1.82) is 0 Å². The summed E-state index contributed by atoms with van der Waals surface area (Å²) in [7, 11) is 3.05. The van der Waals surface area contributed by atoms with Gasteiger partial charge in [0.2, 0.25) is 0 Å². The zero-order valence-corrected chi connectivity index (χ0v) is 15.2. The first kappa shape index (κ1) is 18.3. The second-order valence-corrected chi connectivity index (χ2v) is 6.43. The van der Waals surface area contributed by atoms with Crippen LogP contribution in [0.25, 0.3) is 0 Å². The van der Waals surface area contributed by atoms with Gasteiger partial charge in [0.15, 0.2) is 23.0 Å². The summed E-state index contributed by atoms with van der Waals surface area (Å²) in [5.41, 5.74) is 0.767. The van der Waals surface area contributed by atoms with Crippen molar-refractivity contribution in [2.24, 2.45) is 0 Å². The Morgan fingerprint density at radius 3 is 2.62 bits per heavy atom. The van der Waals surface area contributed by atoms with Gasteiger partial charge in [0.25, 0.3) is 5.91 Å². The smallest absolute Gasteiger partial charge is 0.290 e. The van der Waals surface area contributed by atoms with Gasteiger partial charge in [0.1, 0.15) is 0 Å². The van der Waals surface area contributed by atoms with Gasteiger partial charge in [-0.15, -0.1) is 0 Å². The molecule has 1 fully saturated rings. The Morgan fingerprint density at radius 1 is 1.31 bits per heavy atom. The number of aliphatic hydroxyl groups excluding tert-OH is 1. The number of Topliss-reactive ketones (excluding diaryl/α,β-unsaturated/α-hetero) is 1. The first-order valence-corrected chi connectivity index (χ1v) is 8.56. The molecule has 0 radical (unpaired) electrons. The van der Waals surface area contributed by atoms with E-state index in [0.29, 0.717) is 30.2 Å². The van der Waals surface area contributed by atoms with Gasteiger partial charge in [-0.25, -0.2) is 0 Å². The van der Waals surface area contributed by atoms with E-state index in [-0.39, 0.29) is 17.5 Å². The van der Waals surface area contributed by atoms with Crippen LogP contribution in [0.1, 0.15) is 31.4 Å². The van der Waals surface area contributed by atoms with E-state index in [0.717, 1.165) is 12.8 Å². The van der Waals surface area contributed by atoms with Crippen LogP contribution in [0.4, 0.5) is 0 Å². The van der Waals surface area contributed by atoms with Gasteiger partial charge in [0, 0.05) is 13.2 Å². The number of hydrogen-bond donors (Lipinski definition) is 1. The van der Waals surface area contributed by atoms with Gasteiger partial charge in [-0.1, -0.05) is 6.07 Å². The van der Waals surface area contributed by atoms with Crippen LogP contribution in [0.3, 0.4) is 0 Å². The molecule has 1 aromatic rings. The van der Waals surface area contributed by atoms with E-state index in [2.05, 4.69) is 0 Å². The van der Waals surface area contributed by atoms with Gasteiger partial charge in [-0.3, -0.25) is 9.59 Å². The van der Waals surface area contributed by atoms with Crippen LogP contribution in [0.5, 0.6) is 11.5 Å². The van der Waals surface area contributed by atoms with E-state index < -0.39 is 17.7 Å². The molecule has 1 amide bonds. The summed E-state index contributed by atoms with van der Waals surface area (Å²) < 4.78 is 16.2. The van der Waals surface area contributed by atoms with E-state index >= 15 is 0 Å². The van der Waals surface area contributed by atoms with Crippen molar-refractivity contribution in [3.63, 3.8) is 0 Å². The average Bonchev–Trinajstić information content (AvgIpc) is 3.23. The Bertz CT molecular complexity index is 750. The summed E-state index contributed by atoms with van der Waals surface area (Å²) in [6.07, 6.45) is 1.69. The highest BCUT2D eigenvalue weighted by atomic mass is 16.5. The van der Waals surface area contributed by atoms with Crippen LogP contribution in [-0.4, -0.2) is 55.2 Å². The molecule has 1 aromatic carbocycles. The van der Waals surface area contributed by atoms with E-state index in [9.17, 15) is 14.7 Å². The van der Waals surface area contributed by atoms with Crippen molar-refractivity contribution in [1.82, 2.24) is 4.90 Å². The number of ketones is 1. The minimum Gasteiger partial charge on any atom is -0.503 e. The highest BCUT2D eigenvalue weighted by Crippen LogP contribution is 2.41. The van der Waals surface area contributed by atoms with Gasteiger partial charge < -0.3 is 24.2 Å². The maximum Gasteiger partial charge on any atom is 0.290 e. The number of aliphatic hydroxyl groups is 1. The monoisotopic (exact) mass is 361 g/mol. The van der Waals surface area contributed by atoms with Gasteiger partial charge in [-0.2, -0.15) is 0 Å². The molecule has 7 heteroatoms. The Kier molecular flexibility index (Phi) is 5.18. The van der Waals surface area contributed by atoms with Crippen LogP contribution in [0.2, 0.25) is 0 Å². The topological polar surface area (TPSA) is 85.3 Å². The number of nitrogens with zero attached hydrogens (tertiary/aromatic N) is 1. The second-order valence-electron chi connectivity index (χ2n) is 6.43. The minimum absolute atomic E-state index is 0.0966. The normalized spacial score (nSPS) is 22.9. The lowest BCUT2D eigenvalue weighted by molar-refractivity contribution is -0.131. The zero-order chi connectivity index (χ0) is 18.8. The lowest BCUT2D eigenvalue weighted by atomic mass is 9.96. The summed E-state index contributed by atoms with van der Waals surface area (Å²) >= 11 is 0. The molecule has 1 N–H and O–H groups in total. The number of hydrogen-bond acceptors (Lipinski definition) is 6. The van der Waals surface area contributed by atoms with Crippen molar-refractivity contribution in [2.75, 3.05) is 27.4 Å². The standard InChI is InChI=1S/C19H23NO6/c1-11(21)16-17(12-6-7-14(24-2)15(9-12)25-3)20(19(23)18(16)22)10-13-5-4-8-26-13/h6-7,9,13,17,22H,4-5,8,10H2,1-3H3/t13-,17-/m1/s1. The zero-order valence-electron chi connectivity index (χ0n) is 15.2. The molecular formula is C19H23NO6. The molecule has 0 aliphatic carbocycles. The number of ether oxygens (including phenoxy) is 3. The van der Waals surface area contributed by atoms with Crippen LogP contribution in [0, 0.1) is 0 Å². The van der Waals surface area contributed by atoms with E-state index in [1.807, 2.05) is 0 Å². The third kappa shape index (κ3) is 3.14. The van der Waals surface area contributed by atoms with Gasteiger partial charge >= 0.3 is 0 Å². The number of rotatable bonds is 6. The first-order chi connectivity index (χ1) is 12.5. The lowest BCUT2D eigenvalue weighted by Crippen LogP contribution is -2.37. The molecule has 3 rings (SSSR count). The maximum absolute atomic E-state index is 12.6. The third-order valence-electron chi connectivity index (χ3n) is 4.83. The van der Waals surface area contributed by atoms with Crippen molar-refractivity contribution in [2.45, 2.75) is 31.9 Å². The summed E-state index contributed by atoms with van der Waals surface area (Å²) in [5, 5.41) is 10.3. The molecule has 0 aromatic heterocycles. The number of benzene rings is 1. The number of carbonyl (C=O) groups is 2. The van der Waals surface area contributed by atoms with Gasteiger partial charge in [0.05, 0.1) is 31.9 Å². The fourth-order valence-electron chi connectivity index (χ4n) is 3.58. The number of methoxy groups -OCH3 is 2. The molecular weight excluding hydrogens is 338 g/mol. The summed E-state index contributed by atoms with van der Waals surface area (Å²) in [6, 6.07) is 4.53. The summed E-state index contributed by atoms with van der Waals surface area (Å²) in [4.78, 5) is 26.3. The summed E-state index contributed by atoms with van der Waals surface area (Å²) in [5.74, 6) is -0.348. The maximum atomic E-state index is 12.6. The summed E-state index contributed by atoms with van der Waals surface area (Å²) in [6.45, 7) is 2.33. The van der Waals surface area contributed by atoms with Crippen molar-refractivity contribution in [3.8, 4) is 11.5 Å². The molecule has 0 saturated carbocycles. The third-order valence-corrected chi connectivity index (χ3v) is 4.83. The number of amides is 1. The fraction of sp³-hybridized carbons (Fsp3) is 0.474. The predicted octanol–water partition coefficient (Wildman–Crippen LogP) is 2.17. The Morgan fingerprint density at radius 2 is 2.04 bits per heavy atom. The van der Waals surface area contributed by atoms with Gasteiger partial charge in [-0.05, 0) is 37.5 Å². The van der Waals surface area contributed by atoms with Crippen molar-refractivity contribution < 1.29 is 28.9 Å². The highest BCUT2D eigenvalue weighted by molar-refractivity contribution is 6.08. The molecule has 7 nitrogen and oxygen atoms in total. The van der Waals surface area contributed by atoms with Crippen molar-refractivity contribution in [3.05, 3.63) is 35.1 Å². The van der Waals surface area contributed by atoms with Crippen LogP contribution >= 0.6 is 0 Å². The molecule has 1 saturated heterocycles. The van der Waals surface area contributed by atoms with Crippen LogP contribution < -0.4 is 9.47 Å². The van der Waals surface area contributed by atoms with E-state index in [1.165, 1.54) is 26.0 Å². The Labute approximate surface area is 152 Å². The Hall–Kier alpha value is -2.54. The average molecular weight is 361 g/mol. The molecule has 140 valence electrons. The molecule has 2 heterocycles. The molecule has 0 unspecified atom stereocenters. The largest absolute Gasteiger partial charge is 0.503 e. The fourth-order valence-corrected chi connectivity index (χ4v) is 3.58. The molecule has 2 atom stereocenters. The van der Waals surface area contributed by atoms with Crippen LogP contribution in [-0.2, 0) is 14.3 Å². The lowest BCUT2D eigenvalue weighted by Gasteiger charge is -2.29. The minimum atomic E-state index is -0.677. The highest BCUT2D eigenvalue weighted by Gasteiger charge is 2.43. The Balaban J connectivity index is 2.02. The SMILES string of the molecule is COc1ccc([C@@H]2C(C(C)=O)=C(O)C(=O)N2C[C@H]2CCCO2)cc1OC. The number of carbonyl (C=O) groups excluding carboxylic acids is 2. The predicted molar refractivity (Wildman–Crippen MR) is 93.3 cm³/mol. The quantitative estimate of drug-likeness (QED) is 0.836. The molecule has 0 spiro atoms. The van der Waals surface area contributed by atoms with Crippen LogP contribution in [0.15, 0.2) is 29.5 Å². The molecule has 2 aliphatic rings. The van der Waals surface area contributed by atoms with E-state index in [4.69, 9.17) is 14.2 Å². The molecule has 26 heavy (non-hydrogen) atoms. The second kappa shape index (κ2) is 7.37. The molecule has 0 bridgehead atoms. The first-order valence-electron chi connectivity index (χ1n) is 8.56. The van der Waals surface area contributed by atoms with Crippen molar-refractivity contribution >= 4 is 11.7 Å². The molecule has 2 aliphatic heterocycles. The van der Waals surface area contributed by atoms with E-state index in [1.54, 1.807) is 18.2 Å².